The van der Waals surface area contributed by atoms with Gasteiger partial charge in [-0.2, -0.15) is 10.2 Å². The number of nitrogens with one attached hydrogen (secondary N) is 2. The molecule has 0 amide bonds. The zero-order valence-corrected chi connectivity index (χ0v) is 13.5. The molecule has 0 fully saturated rings. The van der Waals surface area contributed by atoms with E-state index in [2.05, 4.69) is 37.7 Å². The van der Waals surface area contributed by atoms with Gasteiger partial charge in [0, 0.05) is 6.54 Å². The third-order valence-electron chi connectivity index (χ3n) is 3.06. The maximum atomic E-state index is 11.4. The van der Waals surface area contributed by atoms with Crippen LogP contribution in [0.4, 0.5) is 5.95 Å². The van der Waals surface area contributed by atoms with Gasteiger partial charge in [-0.3, -0.25) is 14.5 Å². The number of hydrogen-bond acceptors (Lipinski definition) is 6. The summed E-state index contributed by atoms with van der Waals surface area (Å²) in [5, 5.41) is 16.4. The van der Waals surface area contributed by atoms with Crippen LogP contribution in [-0.4, -0.2) is 31.2 Å². The predicted octanol–water partition coefficient (Wildman–Crippen LogP) is 1.88. The van der Waals surface area contributed by atoms with Crippen LogP contribution in [0, 0.1) is 13.8 Å². The molecule has 0 aliphatic rings. The summed E-state index contributed by atoms with van der Waals surface area (Å²) < 4.78 is 1.76. The highest BCUT2D eigenvalue weighted by molar-refractivity contribution is 6.32. The van der Waals surface area contributed by atoms with Gasteiger partial charge in [-0.25, -0.2) is 5.43 Å². The highest BCUT2D eigenvalue weighted by atomic mass is 35.5. The quantitative estimate of drug-likeness (QED) is 0.624. The Morgan fingerprint density at radius 2 is 2.14 bits per heavy atom. The number of hydrogen-bond donors (Lipinski definition) is 2. The van der Waals surface area contributed by atoms with E-state index in [1.165, 1.54) is 0 Å². The van der Waals surface area contributed by atoms with Gasteiger partial charge in [0.2, 0.25) is 5.95 Å². The van der Waals surface area contributed by atoms with Crippen LogP contribution in [0.1, 0.15) is 36.7 Å². The smallest absolute Gasteiger partial charge is 0.274 e. The molecule has 2 heterocycles. The van der Waals surface area contributed by atoms with Crippen molar-refractivity contribution in [2.24, 2.45) is 5.10 Å². The lowest BCUT2D eigenvalue weighted by Crippen LogP contribution is -2.15. The summed E-state index contributed by atoms with van der Waals surface area (Å²) in [5.74, 6) is 0.166. The van der Waals surface area contributed by atoms with Crippen LogP contribution in [0.25, 0.3) is 0 Å². The molecule has 2 aromatic rings. The molecule has 0 atom stereocenters. The van der Waals surface area contributed by atoms with E-state index in [-0.39, 0.29) is 11.5 Å². The molecule has 0 aliphatic carbocycles. The lowest BCUT2D eigenvalue weighted by molar-refractivity contribution is 0.569. The molecule has 0 unspecified atom stereocenters. The number of hydrazone groups is 1. The summed E-state index contributed by atoms with van der Waals surface area (Å²) in [4.78, 5) is 13.9. The van der Waals surface area contributed by atoms with E-state index >= 15 is 0 Å². The van der Waals surface area contributed by atoms with Crippen LogP contribution < -0.4 is 11.0 Å². The second kappa shape index (κ2) is 7.17. The van der Waals surface area contributed by atoms with E-state index in [1.807, 2.05) is 6.92 Å². The van der Waals surface area contributed by atoms with E-state index in [1.54, 1.807) is 17.8 Å². The molecule has 118 valence electrons. The first-order valence-corrected chi connectivity index (χ1v) is 7.36. The van der Waals surface area contributed by atoms with Crippen molar-refractivity contribution in [3.8, 4) is 0 Å². The minimum Gasteiger partial charge on any atom is -0.288 e. The van der Waals surface area contributed by atoms with Crippen molar-refractivity contribution in [1.29, 1.82) is 0 Å². The SMILES string of the molecule is CCCCn1nc(C)c(/C=N\Nc2nnc(C)c(=O)[nH]2)c1Cl. The Balaban J connectivity index is 2.11. The van der Waals surface area contributed by atoms with E-state index in [4.69, 9.17) is 11.6 Å². The first kappa shape index (κ1) is 16.2. The van der Waals surface area contributed by atoms with Crippen molar-refractivity contribution in [3.05, 3.63) is 32.5 Å². The van der Waals surface area contributed by atoms with Gasteiger partial charge in [-0.05, 0) is 20.3 Å². The minimum atomic E-state index is -0.311. The zero-order valence-electron chi connectivity index (χ0n) is 12.7. The molecule has 0 bridgehead atoms. The Kier molecular flexibility index (Phi) is 5.26. The summed E-state index contributed by atoms with van der Waals surface area (Å²) in [5.41, 5.74) is 4.12. The van der Waals surface area contributed by atoms with E-state index < -0.39 is 0 Å². The van der Waals surface area contributed by atoms with Gasteiger partial charge < -0.3 is 0 Å². The second-order valence-electron chi connectivity index (χ2n) is 4.82. The molecule has 2 rings (SSSR count). The number of aryl methyl sites for hydroxylation is 3. The van der Waals surface area contributed by atoms with Crippen molar-refractivity contribution in [3.63, 3.8) is 0 Å². The molecule has 0 spiro atoms. The van der Waals surface area contributed by atoms with Gasteiger partial charge in [0.05, 0.1) is 17.5 Å². The molecule has 2 N–H and O–H groups in total. The number of aromatic nitrogens is 5. The monoisotopic (exact) mass is 323 g/mol. The summed E-state index contributed by atoms with van der Waals surface area (Å²) in [6.45, 7) is 6.32. The Bertz CT molecular complexity index is 734. The largest absolute Gasteiger partial charge is 0.288 e. The van der Waals surface area contributed by atoms with Gasteiger partial charge in [0.15, 0.2) is 0 Å². The second-order valence-corrected chi connectivity index (χ2v) is 5.18. The first-order valence-electron chi connectivity index (χ1n) is 6.98. The predicted molar refractivity (Wildman–Crippen MR) is 85.5 cm³/mol. The molecule has 9 heteroatoms. The average Bonchev–Trinajstić information content (AvgIpc) is 2.76. The van der Waals surface area contributed by atoms with Crippen LogP contribution in [0.5, 0.6) is 0 Å². The number of anilines is 1. The number of unbranched alkanes of at least 4 members (excludes halogenated alkanes) is 1. The molecule has 0 saturated heterocycles. The fourth-order valence-corrected chi connectivity index (χ4v) is 2.08. The van der Waals surface area contributed by atoms with Crippen molar-refractivity contribution in [2.75, 3.05) is 5.43 Å². The van der Waals surface area contributed by atoms with Crippen LogP contribution in [0.3, 0.4) is 0 Å². The van der Waals surface area contributed by atoms with Crippen LogP contribution in [0.15, 0.2) is 9.90 Å². The molecular formula is C13H18ClN7O. The first-order chi connectivity index (χ1) is 10.5. The molecule has 8 nitrogen and oxygen atoms in total. The average molecular weight is 324 g/mol. The maximum absolute atomic E-state index is 11.4. The van der Waals surface area contributed by atoms with Gasteiger partial charge in [0.1, 0.15) is 10.8 Å². The summed E-state index contributed by atoms with van der Waals surface area (Å²) in [7, 11) is 0. The van der Waals surface area contributed by atoms with E-state index in [0.717, 1.165) is 30.6 Å². The molecule has 0 aromatic carbocycles. The molecule has 0 radical (unpaired) electrons. The fraction of sp³-hybridized carbons (Fsp3) is 0.462. The normalized spacial score (nSPS) is 11.3. The summed E-state index contributed by atoms with van der Waals surface area (Å²) >= 11 is 6.29. The fourth-order valence-electron chi connectivity index (χ4n) is 1.77. The minimum absolute atomic E-state index is 0.166. The van der Waals surface area contributed by atoms with Gasteiger partial charge in [-0.1, -0.05) is 24.9 Å². The van der Waals surface area contributed by atoms with Gasteiger partial charge >= 0.3 is 0 Å². The third-order valence-corrected chi connectivity index (χ3v) is 3.46. The molecule has 0 aliphatic heterocycles. The maximum Gasteiger partial charge on any atom is 0.274 e. The summed E-state index contributed by atoms with van der Waals surface area (Å²) in [6, 6.07) is 0. The number of halogens is 1. The molecule has 22 heavy (non-hydrogen) atoms. The number of rotatable bonds is 6. The van der Waals surface area contributed by atoms with Crippen molar-refractivity contribution in [2.45, 2.75) is 40.2 Å². The van der Waals surface area contributed by atoms with E-state index in [9.17, 15) is 4.79 Å². The Morgan fingerprint density at radius 3 is 2.82 bits per heavy atom. The summed E-state index contributed by atoms with van der Waals surface area (Å²) in [6.07, 6.45) is 3.63. The molecule has 0 saturated carbocycles. The number of H-pyrrole nitrogens is 1. The Morgan fingerprint density at radius 1 is 1.36 bits per heavy atom. The van der Waals surface area contributed by atoms with Crippen molar-refractivity contribution in [1.82, 2.24) is 25.0 Å². The van der Waals surface area contributed by atoms with Crippen molar-refractivity contribution >= 4 is 23.8 Å². The third kappa shape index (κ3) is 3.70. The van der Waals surface area contributed by atoms with Gasteiger partial charge in [-0.15, -0.1) is 10.2 Å². The van der Waals surface area contributed by atoms with Gasteiger partial charge in [0.25, 0.3) is 5.56 Å². The number of aromatic amines is 1. The number of nitrogens with zero attached hydrogens (tertiary/aromatic N) is 5. The highest BCUT2D eigenvalue weighted by Crippen LogP contribution is 2.18. The molecular weight excluding hydrogens is 306 g/mol. The molecule has 2 aromatic heterocycles. The van der Waals surface area contributed by atoms with Crippen LogP contribution in [-0.2, 0) is 6.54 Å². The Hall–Kier alpha value is -2.22. The van der Waals surface area contributed by atoms with Crippen LogP contribution >= 0.6 is 11.6 Å². The van der Waals surface area contributed by atoms with Crippen LogP contribution in [0.2, 0.25) is 5.15 Å². The van der Waals surface area contributed by atoms with E-state index in [0.29, 0.717) is 10.8 Å². The zero-order chi connectivity index (χ0) is 16.1. The highest BCUT2D eigenvalue weighted by Gasteiger charge is 2.11. The lowest BCUT2D eigenvalue weighted by Gasteiger charge is -2.00. The Labute approximate surface area is 132 Å². The lowest BCUT2D eigenvalue weighted by atomic mass is 10.3. The van der Waals surface area contributed by atoms with Crippen molar-refractivity contribution < 1.29 is 0 Å². The standard InChI is InChI=1S/C13H18ClN7O/c1-4-5-6-21-11(14)10(8(2)20-21)7-15-18-13-16-12(22)9(3)17-19-13/h7H,4-6H2,1-3H3,(H2,16,18,19,22)/b15-7-. The topological polar surface area (TPSA) is 101 Å².